The zero-order valence-electron chi connectivity index (χ0n) is 13.8. The summed E-state index contributed by atoms with van der Waals surface area (Å²) < 4.78 is 10.6. The molecule has 0 aliphatic heterocycles. The summed E-state index contributed by atoms with van der Waals surface area (Å²) in [6, 6.07) is 15.1. The maximum Gasteiger partial charge on any atom is 0.262 e. The van der Waals surface area contributed by atoms with Crippen LogP contribution in [-0.4, -0.2) is 19.6 Å². The molecule has 0 heterocycles. The predicted octanol–water partition coefficient (Wildman–Crippen LogP) is 4.23. The Balaban J connectivity index is 1.86. The Morgan fingerprint density at radius 2 is 1.83 bits per heavy atom. The number of carbonyl (C=O) groups is 1. The van der Waals surface area contributed by atoms with Crippen LogP contribution in [0.5, 0.6) is 11.5 Å². The number of benzene rings is 2. The first kappa shape index (κ1) is 16.9. The lowest BCUT2D eigenvalue weighted by Crippen LogP contribution is -2.20. The van der Waals surface area contributed by atoms with E-state index in [0.717, 1.165) is 12.1 Å². The van der Waals surface area contributed by atoms with Gasteiger partial charge in [0, 0.05) is 11.8 Å². The van der Waals surface area contributed by atoms with E-state index in [9.17, 15) is 4.79 Å². The molecule has 2 aromatic rings. The fourth-order valence-corrected chi connectivity index (χ4v) is 2.17. The standard InChI is InChI=1S/C19H23NO3/c1-4-14(2)15-8-10-16(11-9-15)20-19(21)13-23-18-7-5-6-17(12-18)22-3/h5-12,14H,4,13H2,1-3H3,(H,20,21). The molecule has 0 aromatic heterocycles. The summed E-state index contributed by atoms with van der Waals surface area (Å²) in [5, 5.41) is 2.83. The molecular formula is C19H23NO3. The molecule has 0 aliphatic rings. The number of nitrogens with one attached hydrogen (secondary N) is 1. The number of hydrogen-bond donors (Lipinski definition) is 1. The number of methoxy groups -OCH3 is 1. The summed E-state index contributed by atoms with van der Waals surface area (Å²) in [5.74, 6) is 1.63. The van der Waals surface area contributed by atoms with E-state index < -0.39 is 0 Å². The highest BCUT2D eigenvalue weighted by molar-refractivity contribution is 5.91. The summed E-state index contributed by atoms with van der Waals surface area (Å²) in [4.78, 5) is 11.9. The van der Waals surface area contributed by atoms with Gasteiger partial charge in [-0.1, -0.05) is 32.0 Å². The summed E-state index contributed by atoms with van der Waals surface area (Å²) >= 11 is 0. The van der Waals surface area contributed by atoms with Crippen molar-refractivity contribution < 1.29 is 14.3 Å². The monoisotopic (exact) mass is 313 g/mol. The van der Waals surface area contributed by atoms with Crippen molar-refractivity contribution in [1.29, 1.82) is 0 Å². The summed E-state index contributed by atoms with van der Waals surface area (Å²) in [7, 11) is 1.59. The smallest absolute Gasteiger partial charge is 0.262 e. The fourth-order valence-electron chi connectivity index (χ4n) is 2.17. The third-order valence-corrected chi connectivity index (χ3v) is 3.79. The predicted molar refractivity (Wildman–Crippen MR) is 92.3 cm³/mol. The molecule has 0 saturated heterocycles. The lowest BCUT2D eigenvalue weighted by molar-refractivity contribution is -0.118. The number of hydrogen-bond acceptors (Lipinski definition) is 3. The van der Waals surface area contributed by atoms with Crippen LogP contribution in [0.25, 0.3) is 0 Å². The fraction of sp³-hybridized carbons (Fsp3) is 0.316. The Bertz CT molecular complexity index is 637. The first-order chi connectivity index (χ1) is 11.1. The van der Waals surface area contributed by atoms with Crippen molar-refractivity contribution in [2.24, 2.45) is 0 Å². The lowest BCUT2D eigenvalue weighted by Gasteiger charge is -2.11. The van der Waals surface area contributed by atoms with Crippen molar-refractivity contribution in [2.75, 3.05) is 19.0 Å². The first-order valence-corrected chi connectivity index (χ1v) is 7.79. The molecule has 0 aliphatic carbocycles. The van der Waals surface area contributed by atoms with Gasteiger partial charge in [-0.25, -0.2) is 0 Å². The highest BCUT2D eigenvalue weighted by Crippen LogP contribution is 2.21. The van der Waals surface area contributed by atoms with Crippen LogP contribution in [0.1, 0.15) is 31.7 Å². The Hall–Kier alpha value is -2.49. The first-order valence-electron chi connectivity index (χ1n) is 7.79. The second-order valence-electron chi connectivity index (χ2n) is 5.45. The number of rotatable bonds is 7. The van der Waals surface area contributed by atoms with Gasteiger partial charge in [0.15, 0.2) is 6.61 Å². The molecule has 0 fully saturated rings. The molecule has 4 nitrogen and oxygen atoms in total. The highest BCUT2D eigenvalue weighted by Gasteiger charge is 2.06. The number of amides is 1. The molecule has 122 valence electrons. The van der Waals surface area contributed by atoms with Crippen molar-refractivity contribution in [3.63, 3.8) is 0 Å². The van der Waals surface area contributed by atoms with E-state index in [4.69, 9.17) is 9.47 Å². The zero-order valence-corrected chi connectivity index (χ0v) is 13.8. The van der Waals surface area contributed by atoms with Crippen LogP contribution < -0.4 is 14.8 Å². The SMILES string of the molecule is CCC(C)c1ccc(NC(=O)COc2cccc(OC)c2)cc1. The van der Waals surface area contributed by atoms with Crippen LogP contribution in [0.15, 0.2) is 48.5 Å². The largest absolute Gasteiger partial charge is 0.497 e. The third kappa shape index (κ3) is 5.02. The highest BCUT2D eigenvalue weighted by atomic mass is 16.5. The molecule has 23 heavy (non-hydrogen) atoms. The van der Waals surface area contributed by atoms with Crippen LogP contribution in [-0.2, 0) is 4.79 Å². The van der Waals surface area contributed by atoms with Gasteiger partial charge >= 0.3 is 0 Å². The van der Waals surface area contributed by atoms with E-state index in [1.807, 2.05) is 36.4 Å². The van der Waals surface area contributed by atoms with Gasteiger partial charge in [-0.05, 0) is 42.2 Å². The second-order valence-corrected chi connectivity index (χ2v) is 5.45. The average Bonchev–Trinajstić information content (AvgIpc) is 2.60. The van der Waals surface area contributed by atoms with Gasteiger partial charge in [0.25, 0.3) is 5.91 Å². The maximum absolute atomic E-state index is 11.9. The summed E-state index contributed by atoms with van der Waals surface area (Å²) in [6.45, 7) is 4.31. The van der Waals surface area contributed by atoms with Gasteiger partial charge in [-0.2, -0.15) is 0 Å². The van der Waals surface area contributed by atoms with E-state index in [2.05, 4.69) is 19.2 Å². The average molecular weight is 313 g/mol. The summed E-state index contributed by atoms with van der Waals surface area (Å²) in [6.07, 6.45) is 1.10. The Kier molecular flexibility index (Phi) is 6.03. The lowest BCUT2D eigenvalue weighted by atomic mass is 9.99. The van der Waals surface area contributed by atoms with Crippen LogP contribution in [0.3, 0.4) is 0 Å². The molecule has 1 unspecified atom stereocenters. The van der Waals surface area contributed by atoms with Crippen molar-refractivity contribution in [1.82, 2.24) is 0 Å². The minimum absolute atomic E-state index is 0.0414. The second kappa shape index (κ2) is 8.22. The van der Waals surface area contributed by atoms with Gasteiger partial charge < -0.3 is 14.8 Å². The van der Waals surface area contributed by atoms with Crippen LogP contribution >= 0.6 is 0 Å². The van der Waals surface area contributed by atoms with E-state index in [0.29, 0.717) is 17.4 Å². The third-order valence-electron chi connectivity index (χ3n) is 3.79. The molecule has 1 atom stereocenters. The molecule has 2 aromatic carbocycles. The number of anilines is 1. The van der Waals surface area contributed by atoms with Gasteiger partial charge in [0.05, 0.1) is 7.11 Å². The van der Waals surface area contributed by atoms with Crippen LogP contribution in [0.4, 0.5) is 5.69 Å². The minimum Gasteiger partial charge on any atom is -0.497 e. The molecule has 0 saturated carbocycles. The molecule has 0 radical (unpaired) electrons. The quantitative estimate of drug-likeness (QED) is 0.832. The van der Waals surface area contributed by atoms with Crippen molar-refractivity contribution in [3.05, 3.63) is 54.1 Å². The minimum atomic E-state index is -0.191. The topological polar surface area (TPSA) is 47.6 Å². The van der Waals surface area contributed by atoms with Crippen molar-refractivity contribution in [2.45, 2.75) is 26.2 Å². The molecule has 1 amide bonds. The zero-order chi connectivity index (χ0) is 16.7. The Labute approximate surface area is 137 Å². The molecule has 0 spiro atoms. The Morgan fingerprint density at radius 3 is 2.48 bits per heavy atom. The van der Waals surface area contributed by atoms with Gasteiger partial charge in [0.1, 0.15) is 11.5 Å². The number of ether oxygens (including phenoxy) is 2. The molecule has 0 bridgehead atoms. The summed E-state index contributed by atoms with van der Waals surface area (Å²) in [5.41, 5.74) is 2.05. The molecule has 2 rings (SSSR count). The van der Waals surface area contributed by atoms with E-state index in [-0.39, 0.29) is 12.5 Å². The molecule has 1 N–H and O–H groups in total. The van der Waals surface area contributed by atoms with Crippen LogP contribution in [0.2, 0.25) is 0 Å². The van der Waals surface area contributed by atoms with Crippen molar-refractivity contribution in [3.8, 4) is 11.5 Å². The van der Waals surface area contributed by atoms with E-state index in [1.54, 1.807) is 19.2 Å². The van der Waals surface area contributed by atoms with Crippen molar-refractivity contribution >= 4 is 11.6 Å². The van der Waals surface area contributed by atoms with E-state index >= 15 is 0 Å². The van der Waals surface area contributed by atoms with E-state index in [1.165, 1.54) is 5.56 Å². The van der Waals surface area contributed by atoms with Gasteiger partial charge in [-0.3, -0.25) is 4.79 Å². The Morgan fingerprint density at radius 1 is 1.13 bits per heavy atom. The molecule has 4 heteroatoms. The number of carbonyl (C=O) groups excluding carboxylic acids is 1. The molecular weight excluding hydrogens is 290 g/mol. The van der Waals surface area contributed by atoms with Crippen LogP contribution in [0, 0.1) is 0 Å². The normalized spacial score (nSPS) is 11.6. The van der Waals surface area contributed by atoms with Gasteiger partial charge in [0.2, 0.25) is 0 Å². The maximum atomic E-state index is 11.9. The van der Waals surface area contributed by atoms with Gasteiger partial charge in [-0.15, -0.1) is 0 Å².